The molecule has 2 rings (SSSR count). The summed E-state index contributed by atoms with van der Waals surface area (Å²) in [6, 6.07) is 10.9. The highest BCUT2D eigenvalue weighted by atomic mass is 16.1. The molecular formula is C12H10N4O. The van der Waals surface area contributed by atoms with Crippen LogP contribution in [0.1, 0.15) is 6.92 Å². The lowest BCUT2D eigenvalue weighted by Gasteiger charge is -2.08. The maximum Gasteiger partial charge on any atom is 0.221 e. The van der Waals surface area contributed by atoms with Crippen LogP contribution in [-0.4, -0.2) is 5.91 Å². The largest absolute Gasteiger partial charge is 0.326 e. The van der Waals surface area contributed by atoms with Crippen LogP contribution in [0.3, 0.4) is 0 Å². The summed E-state index contributed by atoms with van der Waals surface area (Å²) in [7, 11) is 0. The van der Waals surface area contributed by atoms with E-state index in [-0.39, 0.29) is 5.91 Å². The smallest absolute Gasteiger partial charge is 0.221 e. The molecule has 0 aliphatic carbocycles. The van der Waals surface area contributed by atoms with Crippen LogP contribution in [0.2, 0.25) is 0 Å². The summed E-state index contributed by atoms with van der Waals surface area (Å²) < 4.78 is 0. The summed E-state index contributed by atoms with van der Waals surface area (Å²) in [6.07, 6.45) is 0. The van der Waals surface area contributed by atoms with E-state index in [1.807, 2.05) is 24.3 Å². The van der Waals surface area contributed by atoms with Gasteiger partial charge < -0.3 is 5.32 Å². The summed E-state index contributed by atoms with van der Waals surface area (Å²) in [6.45, 7) is 1.45. The molecule has 0 unspecified atom stereocenters. The van der Waals surface area contributed by atoms with Crippen molar-refractivity contribution in [3.8, 4) is 0 Å². The number of anilines is 1. The Bertz CT molecular complexity index is 629. The number of benzene rings is 2. The average molecular weight is 226 g/mol. The Hall–Kier alpha value is -2.52. The third-order valence-electron chi connectivity index (χ3n) is 2.36. The first kappa shape index (κ1) is 11.0. The van der Waals surface area contributed by atoms with Gasteiger partial charge in [-0.1, -0.05) is 29.4 Å². The average Bonchev–Trinajstić information content (AvgIpc) is 2.32. The van der Waals surface area contributed by atoms with Crippen LogP contribution >= 0.6 is 0 Å². The number of hydrogen-bond acceptors (Lipinski definition) is 2. The molecule has 0 saturated heterocycles. The lowest BCUT2D eigenvalue weighted by atomic mass is 10.1. The molecule has 0 bridgehead atoms. The fourth-order valence-corrected chi connectivity index (χ4v) is 1.72. The molecule has 0 aliphatic rings. The predicted molar refractivity (Wildman–Crippen MR) is 67.1 cm³/mol. The van der Waals surface area contributed by atoms with Gasteiger partial charge in [-0.05, 0) is 23.1 Å². The molecule has 0 aromatic heterocycles. The second-order valence-electron chi connectivity index (χ2n) is 3.55. The third kappa shape index (κ3) is 2.19. The standard InChI is InChI=1S/C12H10N4O/c1-8(17)14-11-6-7-12(15-16-13)10-5-3-2-4-9(10)11/h2-7H,1H3,(H,14,17). The number of nitrogens with zero attached hydrogens (tertiary/aromatic N) is 3. The highest BCUT2D eigenvalue weighted by molar-refractivity contribution is 6.05. The summed E-state index contributed by atoms with van der Waals surface area (Å²) in [5, 5.41) is 8.04. The lowest BCUT2D eigenvalue weighted by Crippen LogP contribution is -2.05. The molecule has 0 fully saturated rings. The number of hydrogen-bond donors (Lipinski definition) is 1. The lowest BCUT2D eigenvalue weighted by molar-refractivity contribution is -0.114. The van der Waals surface area contributed by atoms with Crippen LogP contribution in [-0.2, 0) is 4.79 Å². The van der Waals surface area contributed by atoms with E-state index in [9.17, 15) is 4.79 Å². The maximum absolute atomic E-state index is 11.1. The van der Waals surface area contributed by atoms with Gasteiger partial charge in [0, 0.05) is 28.6 Å². The van der Waals surface area contributed by atoms with Crippen molar-refractivity contribution in [2.24, 2.45) is 5.11 Å². The van der Waals surface area contributed by atoms with E-state index in [4.69, 9.17) is 5.53 Å². The first-order chi connectivity index (χ1) is 8.22. The first-order valence-corrected chi connectivity index (χ1v) is 5.07. The van der Waals surface area contributed by atoms with Crippen LogP contribution in [0, 0.1) is 0 Å². The van der Waals surface area contributed by atoms with Gasteiger partial charge in [-0.15, -0.1) is 0 Å². The number of nitrogens with one attached hydrogen (secondary N) is 1. The zero-order valence-electron chi connectivity index (χ0n) is 9.21. The van der Waals surface area contributed by atoms with Crippen LogP contribution in [0.4, 0.5) is 11.4 Å². The van der Waals surface area contributed by atoms with Crippen molar-refractivity contribution in [2.75, 3.05) is 5.32 Å². The summed E-state index contributed by atoms with van der Waals surface area (Å²) >= 11 is 0. The molecule has 0 spiro atoms. The Morgan fingerprint density at radius 2 is 1.94 bits per heavy atom. The van der Waals surface area contributed by atoms with Crippen molar-refractivity contribution in [3.63, 3.8) is 0 Å². The van der Waals surface area contributed by atoms with E-state index in [1.165, 1.54) is 6.92 Å². The van der Waals surface area contributed by atoms with Gasteiger partial charge in [-0.2, -0.15) is 0 Å². The minimum absolute atomic E-state index is 0.133. The van der Waals surface area contributed by atoms with E-state index in [0.29, 0.717) is 11.4 Å². The van der Waals surface area contributed by atoms with Crippen molar-refractivity contribution in [2.45, 2.75) is 6.92 Å². The van der Waals surface area contributed by atoms with E-state index in [2.05, 4.69) is 15.3 Å². The SMILES string of the molecule is CC(=O)Nc1ccc(N=[N+]=[N-])c2ccccc12. The summed E-state index contributed by atoms with van der Waals surface area (Å²) in [5.74, 6) is -0.133. The molecule has 0 aliphatic heterocycles. The molecule has 0 atom stereocenters. The number of carbonyl (C=O) groups is 1. The van der Waals surface area contributed by atoms with Crippen LogP contribution in [0.5, 0.6) is 0 Å². The zero-order chi connectivity index (χ0) is 12.3. The Morgan fingerprint density at radius 3 is 2.59 bits per heavy atom. The third-order valence-corrected chi connectivity index (χ3v) is 2.36. The molecule has 0 heterocycles. The molecular weight excluding hydrogens is 216 g/mol. The molecule has 0 radical (unpaired) electrons. The minimum Gasteiger partial charge on any atom is -0.326 e. The molecule has 5 heteroatoms. The van der Waals surface area contributed by atoms with Crippen molar-refractivity contribution in [3.05, 3.63) is 46.8 Å². The maximum atomic E-state index is 11.1. The van der Waals surface area contributed by atoms with Crippen molar-refractivity contribution in [1.29, 1.82) is 0 Å². The fraction of sp³-hybridized carbons (Fsp3) is 0.0833. The fourth-order valence-electron chi connectivity index (χ4n) is 1.72. The number of carbonyl (C=O) groups excluding carboxylic acids is 1. The predicted octanol–water partition coefficient (Wildman–Crippen LogP) is 3.74. The van der Waals surface area contributed by atoms with E-state index < -0.39 is 0 Å². The Morgan fingerprint density at radius 1 is 1.24 bits per heavy atom. The Kier molecular flexibility index (Phi) is 2.94. The van der Waals surface area contributed by atoms with Gasteiger partial charge in [0.1, 0.15) is 0 Å². The topological polar surface area (TPSA) is 77.9 Å². The molecule has 0 saturated carbocycles. The van der Waals surface area contributed by atoms with Gasteiger partial charge in [-0.25, -0.2) is 0 Å². The van der Waals surface area contributed by atoms with Crippen molar-refractivity contribution >= 4 is 28.1 Å². The Balaban J connectivity index is 2.70. The van der Waals surface area contributed by atoms with Crippen LogP contribution < -0.4 is 5.32 Å². The van der Waals surface area contributed by atoms with Gasteiger partial charge in [0.2, 0.25) is 5.91 Å². The van der Waals surface area contributed by atoms with Crippen LogP contribution in [0.25, 0.3) is 21.2 Å². The quantitative estimate of drug-likeness (QED) is 0.472. The molecule has 1 amide bonds. The number of azide groups is 1. The summed E-state index contributed by atoms with van der Waals surface area (Å²) in [5.41, 5.74) is 9.75. The molecule has 5 nitrogen and oxygen atoms in total. The minimum atomic E-state index is -0.133. The molecule has 17 heavy (non-hydrogen) atoms. The molecule has 1 N–H and O–H groups in total. The van der Waals surface area contributed by atoms with Gasteiger partial charge in [0.05, 0.1) is 0 Å². The van der Waals surface area contributed by atoms with Crippen LogP contribution in [0.15, 0.2) is 41.5 Å². The van der Waals surface area contributed by atoms with Gasteiger partial charge in [0.15, 0.2) is 0 Å². The Labute approximate surface area is 97.7 Å². The number of fused-ring (bicyclic) bond motifs is 1. The number of rotatable bonds is 2. The first-order valence-electron chi connectivity index (χ1n) is 5.07. The normalized spacial score (nSPS) is 9.71. The highest BCUT2D eigenvalue weighted by Crippen LogP contribution is 2.31. The molecule has 2 aromatic carbocycles. The monoisotopic (exact) mass is 226 g/mol. The van der Waals surface area contributed by atoms with E-state index in [0.717, 1.165) is 10.8 Å². The van der Waals surface area contributed by atoms with Crippen molar-refractivity contribution < 1.29 is 4.79 Å². The molecule has 2 aromatic rings. The van der Waals surface area contributed by atoms with Gasteiger partial charge >= 0.3 is 0 Å². The summed E-state index contributed by atoms with van der Waals surface area (Å²) in [4.78, 5) is 13.9. The van der Waals surface area contributed by atoms with E-state index >= 15 is 0 Å². The zero-order valence-corrected chi connectivity index (χ0v) is 9.21. The molecule has 84 valence electrons. The second kappa shape index (κ2) is 4.55. The highest BCUT2D eigenvalue weighted by Gasteiger charge is 2.05. The van der Waals surface area contributed by atoms with Gasteiger partial charge in [0.25, 0.3) is 0 Å². The van der Waals surface area contributed by atoms with Crippen molar-refractivity contribution in [1.82, 2.24) is 0 Å². The van der Waals surface area contributed by atoms with E-state index in [1.54, 1.807) is 12.1 Å². The number of amides is 1. The van der Waals surface area contributed by atoms with Gasteiger partial charge in [-0.3, -0.25) is 4.79 Å². The second-order valence-corrected chi connectivity index (χ2v) is 3.55.